The van der Waals surface area contributed by atoms with Crippen LogP contribution in [-0.2, 0) is 13.1 Å². The van der Waals surface area contributed by atoms with Gasteiger partial charge in [-0.3, -0.25) is 14.8 Å². The van der Waals surface area contributed by atoms with Gasteiger partial charge in [-0.25, -0.2) is 9.97 Å². The number of nitriles is 1. The molecule has 4 N–H and O–H groups in total. The molecule has 0 radical (unpaired) electrons. The minimum Gasteiger partial charge on any atom is -0.435 e. The van der Waals surface area contributed by atoms with Crippen LogP contribution in [-0.4, -0.2) is 67.1 Å². The van der Waals surface area contributed by atoms with Gasteiger partial charge in [0.2, 0.25) is 11.8 Å². The van der Waals surface area contributed by atoms with Crippen LogP contribution in [0.4, 0.5) is 17.5 Å². The van der Waals surface area contributed by atoms with Crippen LogP contribution in [0, 0.1) is 25.2 Å². The molecule has 0 aliphatic carbocycles. The highest BCUT2D eigenvalue weighted by Gasteiger charge is 2.22. The second kappa shape index (κ2) is 13.7. The summed E-state index contributed by atoms with van der Waals surface area (Å²) in [6.07, 6.45) is 6.06. The van der Waals surface area contributed by atoms with E-state index in [9.17, 15) is 10.4 Å². The minimum absolute atomic E-state index is 0.161. The van der Waals surface area contributed by atoms with E-state index in [-0.39, 0.29) is 12.1 Å². The van der Waals surface area contributed by atoms with E-state index in [2.05, 4.69) is 63.2 Å². The Labute approximate surface area is 296 Å². The van der Waals surface area contributed by atoms with Crippen LogP contribution < -0.4 is 11.1 Å². The third-order valence-electron chi connectivity index (χ3n) is 10.2. The minimum atomic E-state index is -0.278. The molecule has 5 heterocycles. The van der Waals surface area contributed by atoms with E-state index in [1.54, 1.807) is 0 Å². The Bertz CT molecular complexity index is 2300. The molecule has 51 heavy (non-hydrogen) atoms. The molecule has 11 heteroatoms. The number of nitrogens with two attached hydrogens (primary N) is 1. The van der Waals surface area contributed by atoms with E-state index in [1.165, 1.54) is 19.3 Å². The number of likely N-dealkylation sites (tertiary alicyclic amines) is 2. The quantitative estimate of drug-likeness (QED) is 0.155. The summed E-state index contributed by atoms with van der Waals surface area (Å²) in [5.74, 6) is 1.19. The van der Waals surface area contributed by atoms with Gasteiger partial charge in [0.25, 0.3) is 0 Å². The highest BCUT2D eigenvalue weighted by molar-refractivity contribution is 5.90. The summed E-state index contributed by atoms with van der Waals surface area (Å²) in [4.78, 5) is 23.3. The van der Waals surface area contributed by atoms with Crippen LogP contribution in [0.3, 0.4) is 0 Å². The summed E-state index contributed by atoms with van der Waals surface area (Å²) in [7, 11) is 0. The second-order valence-electron chi connectivity index (χ2n) is 13.9. The molecule has 2 aliphatic rings. The van der Waals surface area contributed by atoms with Crippen molar-refractivity contribution < 1.29 is 9.52 Å². The summed E-state index contributed by atoms with van der Waals surface area (Å²) in [6, 6.07) is 20.6. The Morgan fingerprint density at radius 2 is 1.63 bits per heavy atom. The zero-order chi connectivity index (χ0) is 35.1. The molecule has 258 valence electrons. The maximum Gasteiger partial charge on any atom is 0.227 e. The van der Waals surface area contributed by atoms with Crippen LogP contribution >= 0.6 is 0 Å². The van der Waals surface area contributed by atoms with Crippen LogP contribution in [0.5, 0.6) is 0 Å². The first-order valence-corrected chi connectivity index (χ1v) is 17.7. The van der Waals surface area contributed by atoms with Crippen molar-refractivity contribution in [1.82, 2.24) is 29.7 Å². The summed E-state index contributed by atoms with van der Waals surface area (Å²) < 4.78 is 6.32. The number of nitrogens with zero attached hydrogens (tertiary/aromatic N) is 7. The van der Waals surface area contributed by atoms with Gasteiger partial charge >= 0.3 is 0 Å². The van der Waals surface area contributed by atoms with E-state index >= 15 is 0 Å². The number of anilines is 3. The number of β-amino-alcohol motifs (C(OH)–C–C–N with tert-alkyl or cyclic N) is 1. The molecule has 2 fully saturated rings. The lowest BCUT2D eigenvalue weighted by Gasteiger charge is -2.26. The van der Waals surface area contributed by atoms with Crippen molar-refractivity contribution in [1.29, 1.82) is 5.26 Å². The number of rotatable bonds is 8. The second-order valence-corrected chi connectivity index (χ2v) is 13.9. The standard InChI is InChI=1S/C40H41N9O2/c1-24-30(8-6-10-32(24)39-45-35-17-26(16-28(19-41)37(35)51-39)21-48-13-4-3-5-14-48)31-9-7-11-33(25(31)2)44-38-36-34(46-40(42)47-38)18-27(20-43-36)22-49-15-12-29(50)23-49/h6-11,16-18,20,29,50H,3-5,12-15,21-23H2,1-2H3,(H3,42,44,46,47)/t29-/m1/s1. The zero-order valence-corrected chi connectivity index (χ0v) is 29.0. The predicted octanol–water partition coefficient (Wildman–Crippen LogP) is 6.87. The maximum absolute atomic E-state index is 10.0. The molecule has 0 spiro atoms. The number of aliphatic hydroxyl groups is 1. The molecular weight excluding hydrogens is 639 g/mol. The first-order valence-electron chi connectivity index (χ1n) is 17.7. The number of oxazole rings is 1. The Morgan fingerprint density at radius 3 is 2.41 bits per heavy atom. The summed E-state index contributed by atoms with van der Waals surface area (Å²) >= 11 is 0. The molecule has 0 saturated carbocycles. The average molecular weight is 680 g/mol. The first kappa shape index (κ1) is 32.8. The Morgan fingerprint density at radius 1 is 0.882 bits per heavy atom. The number of benzene rings is 3. The van der Waals surface area contributed by atoms with E-state index in [4.69, 9.17) is 20.1 Å². The van der Waals surface area contributed by atoms with Crippen LogP contribution in [0.1, 0.15) is 53.5 Å². The van der Waals surface area contributed by atoms with Crippen LogP contribution in [0.15, 0.2) is 65.2 Å². The number of aromatic nitrogens is 4. The fourth-order valence-electron chi connectivity index (χ4n) is 7.57. The number of piperidine rings is 1. The molecule has 8 rings (SSSR count). The molecule has 2 saturated heterocycles. The number of nitrogen functional groups attached to an aromatic ring is 1. The van der Waals surface area contributed by atoms with Crippen molar-refractivity contribution >= 4 is 39.6 Å². The van der Waals surface area contributed by atoms with Crippen molar-refractivity contribution in [2.75, 3.05) is 37.2 Å². The van der Waals surface area contributed by atoms with Crippen molar-refractivity contribution in [3.05, 3.63) is 88.6 Å². The number of fused-ring (bicyclic) bond motifs is 2. The number of aliphatic hydroxyl groups excluding tert-OH is 1. The van der Waals surface area contributed by atoms with Crippen LogP contribution in [0.2, 0.25) is 0 Å². The fourth-order valence-corrected chi connectivity index (χ4v) is 7.57. The van der Waals surface area contributed by atoms with Gasteiger partial charge in [0, 0.05) is 43.6 Å². The molecule has 2 aliphatic heterocycles. The SMILES string of the molecule is Cc1c(Nc2nc(N)nc3cc(CN4CC[C@@H](O)C4)cnc23)cccc1-c1cccc(-c2nc3cc(CN4CCCCC4)cc(C#N)c3o2)c1C. The number of hydrogen-bond donors (Lipinski definition) is 3. The van der Waals surface area contributed by atoms with Crippen molar-refractivity contribution in [2.24, 2.45) is 0 Å². The highest BCUT2D eigenvalue weighted by atomic mass is 16.3. The number of nitrogens with one attached hydrogen (secondary N) is 1. The van der Waals surface area contributed by atoms with Gasteiger partial charge in [-0.05, 0) is 110 Å². The molecule has 0 amide bonds. The van der Waals surface area contributed by atoms with Gasteiger partial charge in [-0.15, -0.1) is 0 Å². The fraction of sp³-hybridized carbons (Fsp3) is 0.325. The summed E-state index contributed by atoms with van der Waals surface area (Å²) in [6.45, 7) is 9.33. The molecule has 6 aromatic rings. The molecule has 0 bridgehead atoms. The summed E-state index contributed by atoms with van der Waals surface area (Å²) in [5, 5.41) is 23.4. The van der Waals surface area contributed by atoms with Gasteiger partial charge in [-0.2, -0.15) is 10.2 Å². The van der Waals surface area contributed by atoms with E-state index < -0.39 is 0 Å². The molecule has 0 unspecified atom stereocenters. The molecule has 11 nitrogen and oxygen atoms in total. The zero-order valence-electron chi connectivity index (χ0n) is 29.0. The predicted molar refractivity (Wildman–Crippen MR) is 199 cm³/mol. The Kier molecular flexibility index (Phi) is 8.82. The van der Waals surface area contributed by atoms with Gasteiger partial charge in [0.1, 0.15) is 17.1 Å². The van der Waals surface area contributed by atoms with Gasteiger partial charge < -0.3 is 20.6 Å². The summed E-state index contributed by atoms with van der Waals surface area (Å²) in [5.41, 5.74) is 17.2. The third kappa shape index (κ3) is 6.61. The maximum atomic E-state index is 10.0. The van der Waals surface area contributed by atoms with E-state index in [1.807, 2.05) is 42.6 Å². The lowest BCUT2D eigenvalue weighted by molar-refractivity contribution is 0.175. The largest absolute Gasteiger partial charge is 0.435 e. The lowest BCUT2D eigenvalue weighted by atomic mass is 9.93. The van der Waals surface area contributed by atoms with Gasteiger partial charge in [0.05, 0.1) is 17.2 Å². The van der Waals surface area contributed by atoms with Crippen LogP contribution in [0.25, 0.3) is 44.7 Å². The van der Waals surface area contributed by atoms with Crippen molar-refractivity contribution in [3.8, 4) is 28.7 Å². The topological polar surface area (TPSA) is 153 Å². The Hall–Kier alpha value is -5.41. The van der Waals surface area contributed by atoms with Gasteiger partial charge in [-0.1, -0.05) is 30.7 Å². The first-order chi connectivity index (χ1) is 24.8. The van der Waals surface area contributed by atoms with E-state index in [0.29, 0.717) is 52.5 Å². The monoisotopic (exact) mass is 679 g/mol. The van der Waals surface area contributed by atoms with Crippen molar-refractivity contribution in [3.63, 3.8) is 0 Å². The average Bonchev–Trinajstić information content (AvgIpc) is 3.75. The molecule has 3 aromatic heterocycles. The number of pyridine rings is 1. The number of hydrogen-bond acceptors (Lipinski definition) is 11. The molecular formula is C40H41N9O2. The Balaban J connectivity index is 1.09. The molecule has 3 aromatic carbocycles. The lowest BCUT2D eigenvalue weighted by Crippen LogP contribution is -2.29. The third-order valence-corrected chi connectivity index (χ3v) is 10.2. The normalized spacial score (nSPS) is 16.9. The smallest absolute Gasteiger partial charge is 0.227 e. The van der Waals surface area contributed by atoms with Crippen molar-refractivity contribution in [2.45, 2.75) is 58.7 Å². The molecule has 1 atom stereocenters. The van der Waals surface area contributed by atoms with Gasteiger partial charge in [0.15, 0.2) is 11.4 Å². The highest BCUT2D eigenvalue weighted by Crippen LogP contribution is 2.38. The van der Waals surface area contributed by atoms with E-state index in [0.717, 1.165) is 77.2 Å².